The molecule has 0 spiro atoms. The Morgan fingerprint density at radius 3 is 1.60 bits per heavy atom. The van der Waals surface area contributed by atoms with Gasteiger partial charge in [0.1, 0.15) is 0 Å². The van der Waals surface area contributed by atoms with E-state index in [1.165, 1.54) is 103 Å². The van der Waals surface area contributed by atoms with Crippen LogP contribution in [0.25, 0.3) is 97.0 Å². The summed E-state index contributed by atoms with van der Waals surface area (Å²) in [6.07, 6.45) is 0. The van der Waals surface area contributed by atoms with Gasteiger partial charge in [-0.3, -0.25) is 0 Å². The van der Waals surface area contributed by atoms with E-state index in [-0.39, 0.29) is 5.41 Å². The molecular formula is C52H38S. The van der Waals surface area contributed by atoms with Crippen molar-refractivity contribution in [2.75, 3.05) is 0 Å². The van der Waals surface area contributed by atoms with E-state index >= 15 is 0 Å². The summed E-state index contributed by atoms with van der Waals surface area (Å²) in [5.74, 6) is 0. The summed E-state index contributed by atoms with van der Waals surface area (Å²) in [6, 6.07) is 65.5. The molecule has 0 saturated carbocycles. The first kappa shape index (κ1) is 31.7. The third-order valence-corrected chi connectivity index (χ3v) is 12.2. The lowest BCUT2D eigenvalue weighted by Crippen LogP contribution is -2.10. The highest BCUT2D eigenvalue weighted by Crippen LogP contribution is 2.47. The van der Waals surface area contributed by atoms with Gasteiger partial charge in [-0.1, -0.05) is 172 Å². The van der Waals surface area contributed by atoms with E-state index in [0.29, 0.717) is 0 Å². The van der Waals surface area contributed by atoms with Crippen molar-refractivity contribution in [1.29, 1.82) is 0 Å². The molecule has 1 heteroatoms. The Morgan fingerprint density at radius 2 is 0.868 bits per heavy atom. The molecule has 0 radical (unpaired) electrons. The summed E-state index contributed by atoms with van der Waals surface area (Å²) in [7, 11) is 0. The van der Waals surface area contributed by atoms with E-state index in [4.69, 9.17) is 0 Å². The van der Waals surface area contributed by atoms with E-state index in [1.807, 2.05) is 11.3 Å². The Kier molecular flexibility index (Phi) is 7.35. The minimum absolute atomic E-state index is 0.00488. The minimum Gasteiger partial charge on any atom is -0.135 e. The second-order valence-corrected chi connectivity index (χ2v) is 16.3. The molecule has 0 fully saturated rings. The maximum absolute atomic E-state index is 2.47. The summed E-state index contributed by atoms with van der Waals surface area (Å²) < 4.78 is 2.68. The zero-order valence-electron chi connectivity index (χ0n) is 30.2. The van der Waals surface area contributed by atoms with E-state index in [1.54, 1.807) is 0 Å². The van der Waals surface area contributed by atoms with Crippen molar-refractivity contribution in [3.05, 3.63) is 181 Å². The fourth-order valence-electron chi connectivity index (χ4n) is 8.40. The second-order valence-electron chi connectivity index (χ2n) is 15.3. The SMILES string of the molecule is CC(C)(C)c1ccc2c(-c3cccc(-c4cccc5c4sc4ccccc45)c3)c3ccccc3c(-c3cccc(-c4cccc5ccccc45)c3)c2c1. The van der Waals surface area contributed by atoms with Crippen LogP contribution in [-0.4, -0.2) is 0 Å². The molecule has 0 N–H and O–H groups in total. The van der Waals surface area contributed by atoms with Crippen LogP contribution in [0.5, 0.6) is 0 Å². The molecule has 0 aliphatic rings. The zero-order chi connectivity index (χ0) is 35.7. The molecule has 10 rings (SSSR count). The van der Waals surface area contributed by atoms with Crippen LogP contribution in [0, 0.1) is 0 Å². The Bertz CT molecular complexity index is 3040. The number of hydrogen-bond donors (Lipinski definition) is 0. The molecule has 9 aromatic carbocycles. The molecule has 53 heavy (non-hydrogen) atoms. The van der Waals surface area contributed by atoms with Crippen molar-refractivity contribution in [3.8, 4) is 44.5 Å². The van der Waals surface area contributed by atoms with Gasteiger partial charge in [-0.05, 0) is 112 Å². The van der Waals surface area contributed by atoms with E-state index in [9.17, 15) is 0 Å². The van der Waals surface area contributed by atoms with Crippen LogP contribution in [0.15, 0.2) is 176 Å². The smallest absolute Gasteiger partial charge is 0.0433 e. The Balaban J connectivity index is 1.23. The third-order valence-electron chi connectivity index (χ3n) is 11.0. The first-order chi connectivity index (χ1) is 25.9. The highest BCUT2D eigenvalue weighted by Gasteiger charge is 2.21. The molecule has 0 bridgehead atoms. The van der Waals surface area contributed by atoms with E-state index in [2.05, 4.69) is 197 Å². The first-order valence-electron chi connectivity index (χ1n) is 18.5. The summed E-state index contributed by atoms with van der Waals surface area (Å²) in [4.78, 5) is 0. The number of benzene rings is 9. The van der Waals surface area contributed by atoms with Crippen molar-refractivity contribution in [2.45, 2.75) is 26.2 Å². The maximum atomic E-state index is 2.47. The molecule has 0 aliphatic carbocycles. The van der Waals surface area contributed by atoms with E-state index in [0.717, 1.165) is 0 Å². The summed E-state index contributed by atoms with van der Waals surface area (Å²) in [6.45, 7) is 6.94. The van der Waals surface area contributed by atoms with Gasteiger partial charge < -0.3 is 0 Å². The zero-order valence-corrected chi connectivity index (χ0v) is 31.0. The van der Waals surface area contributed by atoms with Crippen molar-refractivity contribution in [1.82, 2.24) is 0 Å². The predicted molar refractivity (Wildman–Crippen MR) is 232 cm³/mol. The monoisotopic (exact) mass is 694 g/mol. The van der Waals surface area contributed by atoms with Crippen molar-refractivity contribution in [3.63, 3.8) is 0 Å². The van der Waals surface area contributed by atoms with Gasteiger partial charge in [0, 0.05) is 20.2 Å². The topological polar surface area (TPSA) is 0 Å². The normalized spacial score (nSPS) is 12.1. The van der Waals surface area contributed by atoms with Crippen molar-refractivity contribution in [2.24, 2.45) is 0 Å². The molecule has 0 unspecified atom stereocenters. The van der Waals surface area contributed by atoms with Crippen LogP contribution in [0.2, 0.25) is 0 Å². The number of hydrogen-bond acceptors (Lipinski definition) is 1. The molecule has 0 nitrogen and oxygen atoms in total. The lowest BCUT2D eigenvalue weighted by molar-refractivity contribution is 0.591. The van der Waals surface area contributed by atoms with Crippen LogP contribution in [0.1, 0.15) is 26.3 Å². The quantitative estimate of drug-likeness (QED) is 0.161. The molecule has 252 valence electrons. The number of fused-ring (bicyclic) bond motifs is 6. The average Bonchev–Trinajstić information content (AvgIpc) is 3.58. The molecule has 0 aliphatic heterocycles. The molecule has 0 saturated heterocycles. The fourth-order valence-corrected chi connectivity index (χ4v) is 9.64. The van der Waals surface area contributed by atoms with Crippen LogP contribution in [0.4, 0.5) is 0 Å². The molecular weight excluding hydrogens is 657 g/mol. The van der Waals surface area contributed by atoms with Crippen LogP contribution in [-0.2, 0) is 5.41 Å². The van der Waals surface area contributed by atoms with Gasteiger partial charge in [-0.25, -0.2) is 0 Å². The molecule has 0 amide bonds. The summed E-state index contributed by atoms with van der Waals surface area (Å²) in [5, 5.41) is 10.3. The highest BCUT2D eigenvalue weighted by molar-refractivity contribution is 7.26. The Labute approximate surface area is 314 Å². The average molecular weight is 695 g/mol. The van der Waals surface area contributed by atoms with Gasteiger partial charge in [-0.15, -0.1) is 11.3 Å². The molecule has 10 aromatic rings. The third kappa shape index (κ3) is 5.26. The van der Waals surface area contributed by atoms with Gasteiger partial charge in [0.15, 0.2) is 0 Å². The van der Waals surface area contributed by atoms with Gasteiger partial charge >= 0.3 is 0 Å². The molecule has 1 heterocycles. The Morgan fingerprint density at radius 1 is 0.358 bits per heavy atom. The second kappa shape index (κ2) is 12.3. The maximum Gasteiger partial charge on any atom is 0.0433 e. The van der Waals surface area contributed by atoms with Crippen molar-refractivity contribution >= 4 is 63.8 Å². The number of thiophene rings is 1. The lowest BCUT2D eigenvalue weighted by atomic mass is 9.81. The van der Waals surface area contributed by atoms with Crippen LogP contribution < -0.4 is 0 Å². The molecule has 1 aromatic heterocycles. The van der Waals surface area contributed by atoms with Gasteiger partial charge in [0.2, 0.25) is 0 Å². The van der Waals surface area contributed by atoms with Crippen LogP contribution >= 0.6 is 11.3 Å². The molecule has 0 atom stereocenters. The van der Waals surface area contributed by atoms with Gasteiger partial charge in [-0.2, -0.15) is 0 Å². The Hall–Kier alpha value is -6.02. The van der Waals surface area contributed by atoms with Gasteiger partial charge in [0.25, 0.3) is 0 Å². The minimum atomic E-state index is 0.00488. The first-order valence-corrected chi connectivity index (χ1v) is 19.3. The number of rotatable bonds is 4. The fraction of sp³-hybridized carbons (Fsp3) is 0.0769. The standard InChI is InChI=1S/C52H38S/c1-52(2,3)38-28-29-45-47(32-38)50(37-19-10-16-34(30-37)40-24-12-15-33-14-4-5-20-39(33)40)44-23-7-6-22-43(44)49(45)36-18-11-17-35(31-36)41-25-13-26-46-42-21-8-9-27-48(42)53-51(41)46/h4-32H,1-3H3. The highest BCUT2D eigenvalue weighted by atomic mass is 32.1. The van der Waals surface area contributed by atoms with E-state index < -0.39 is 0 Å². The largest absolute Gasteiger partial charge is 0.135 e. The lowest BCUT2D eigenvalue weighted by Gasteiger charge is -2.23. The summed E-state index contributed by atoms with van der Waals surface area (Å²) >= 11 is 1.89. The van der Waals surface area contributed by atoms with Crippen molar-refractivity contribution < 1.29 is 0 Å². The van der Waals surface area contributed by atoms with Gasteiger partial charge in [0.05, 0.1) is 0 Å². The van der Waals surface area contributed by atoms with Crippen LogP contribution in [0.3, 0.4) is 0 Å². The predicted octanol–water partition coefficient (Wildman–Crippen LogP) is 15.5. The summed E-state index contributed by atoms with van der Waals surface area (Å²) in [5.41, 5.74) is 11.4.